The molecule has 0 bridgehead atoms. The minimum atomic E-state index is -0.240. The lowest BCUT2D eigenvalue weighted by Gasteiger charge is -2.18. The van der Waals surface area contributed by atoms with Crippen molar-refractivity contribution in [1.29, 1.82) is 0 Å². The van der Waals surface area contributed by atoms with E-state index < -0.39 is 0 Å². The largest absolute Gasteiger partial charge is 0.380 e. The molecule has 0 amide bonds. The zero-order valence-electron chi connectivity index (χ0n) is 12.3. The number of fused-ring (bicyclic) bond motifs is 1. The van der Waals surface area contributed by atoms with E-state index in [2.05, 4.69) is 42.9 Å². The molecule has 0 saturated carbocycles. The summed E-state index contributed by atoms with van der Waals surface area (Å²) in [4.78, 5) is 7.85. The normalized spacial score (nSPS) is 15.7. The molecule has 0 aliphatic rings. The summed E-state index contributed by atoms with van der Waals surface area (Å²) in [6.07, 6.45) is -0.0670. The van der Waals surface area contributed by atoms with Crippen LogP contribution >= 0.6 is 0 Å². The topological polar surface area (TPSA) is 63.9 Å². The van der Waals surface area contributed by atoms with Gasteiger partial charge in [-0.2, -0.15) is 0 Å². The summed E-state index contributed by atoms with van der Waals surface area (Å²) in [6.45, 7) is 8.54. The number of nitrogens with two attached hydrogens (primary N) is 1. The Morgan fingerprint density at radius 2 is 2.00 bits per heavy atom. The Kier molecular flexibility index (Phi) is 3.65. The molecule has 0 radical (unpaired) electrons. The molecule has 0 spiro atoms. The second-order valence-electron chi connectivity index (χ2n) is 6.07. The van der Waals surface area contributed by atoms with Gasteiger partial charge in [-0.25, -0.2) is 4.98 Å². The Morgan fingerprint density at radius 3 is 2.58 bits per heavy atom. The van der Waals surface area contributed by atoms with Crippen LogP contribution in [0.5, 0.6) is 0 Å². The number of aromatic nitrogens is 2. The van der Waals surface area contributed by atoms with Gasteiger partial charge >= 0.3 is 0 Å². The van der Waals surface area contributed by atoms with Gasteiger partial charge in [0.2, 0.25) is 0 Å². The smallest absolute Gasteiger partial charge is 0.126 e. The van der Waals surface area contributed by atoms with Crippen LogP contribution in [0, 0.1) is 0 Å². The molecule has 0 saturated heterocycles. The van der Waals surface area contributed by atoms with Crippen LogP contribution in [0.4, 0.5) is 0 Å². The fourth-order valence-corrected chi connectivity index (χ4v) is 2.02. The monoisotopic (exact) mass is 261 g/mol. The Labute approximate surface area is 114 Å². The molecule has 4 heteroatoms. The molecule has 0 aliphatic carbocycles. The van der Waals surface area contributed by atoms with Crippen molar-refractivity contribution in [2.45, 2.75) is 45.3 Å². The van der Waals surface area contributed by atoms with Gasteiger partial charge in [0, 0.05) is 7.11 Å². The summed E-state index contributed by atoms with van der Waals surface area (Å²) in [5, 5.41) is 0. The average molecular weight is 261 g/mol. The molecule has 2 aromatic rings. The summed E-state index contributed by atoms with van der Waals surface area (Å²) in [7, 11) is 1.66. The number of ether oxygens (including phenoxy) is 1. The number of benzene rings is 1. The molecule has 1 aromatic heterocycles. The standard InChI is InChI=1S/C15H23N3O/c1-9(19-5)13(16)14-17-11-7-6-10(15(2,3)4)8-12(11)18-14/h6-9,13H,16H2,1-5H3,(H,17,18)/t9-,13+/m1/s1. The zero-order valence-corrected chi connectivity index (χ0v) is 12.3. The van der Waals surface area contributed by atoms with Gasteiger partial charge in [-0.1, -0.05) is 26.8 Å². The Bertz CT molecular complexity index is 568. The number of imidazole rings is 1. The van der Waals surface area contributed by atoms with E-state index >= 15 is 0 Å². The van der Waals surface area contributed by atoms with Gasteiger partial charge in [-0.3, -0.25) is 0 Å². The van der Waals surface area contributed by atoms with Gasteiger partial charge in [0.05, 0.1) is 23.2 Å². The Hall–Kier alpha value is -1.39. The van der Waals surface area contributed by atoms with Crippen LogP contribution in [0.2, 0.25) is 0 Å². The SMILES string of the molecule is CO[C@H](C)[C@H](N)c1nc2ccc(C(C)(C)C)cc2[nH]1. The third kappa shape index (κ3) is 2.80. The predicted molar refractivity (Wildman–Crippen MR) is 78.2 cm³/mol. The number of rotatable bonds is 3. The fraction of sp³-hybridized carbons (Fsp3) is 0.533. The van der Waals surface area contributed by atoms with Crippen molar-refractivity contribution in [1.82, 2.24) is 9.97 Å². The van der Waals surface area contributed by atoms with Crippen LogP contribution in [-0.4, -0.2) is 23.2 Å². The van der Waals surface area contributed by atoms with Crippen molar-refractivity contribution in [3.05, 3.63) is 29.6 Å². The molecule has 104 valence electrons. The first-order valence-electron chi connectivity index (χ1n) is 6.61. The first kappa shape index (κ1) is 14.0. The highest BCUT2D eigenvalue weighted by Crippen LogP contribution is 2.26. The van der Waals surface area contributed by atoms with Gasteiger partial charge in [0.15, 0.2) is 0 Å². The van der Waals surface area contributed by atoms with Crippen molar-refractivity contribution in [3.63, 3.8) is 0 Å². The number of aromatic amines is 1. The van der Waals surface area contributed by atoms with Crippen molar-refractivity contribution >= 4 is 11.0 Å². The van der Waals surface area contributed by atoms with Crippen molar-refractivity contribution in [2.24, 2.45) is 5.73 Å². The second-order valence-corrected chi connectivity index (χ2v) is 6.07. The summed E-state index contributed by atoms with van der Waals surface area (Å²) >= 11 is 0. The molecule has 0 fully saturated rings. The molecular formula is C15H23N3O. The van der Waals surface area contributed by atoms with Gasteiger partial charge in [-0.15, -0.1) is 0 Å². The highest BCUT2D eigenvalue weighted by Gasteiger charge is 2.19. The lowest BCUT2D eigenvalue weighted by atomic mass is 9.87. The third-order valence-corrected chi connectivity index (χ3v) is 3.56. The van der Waals surface area contributed by atoms with Gasteiger partial charge < -0.3 is 15.5 Å². The Morgan fingerprint density at radius 1 is 1.32 bits per heavy atom. The fourth-order valence-electron chi connectivity index (χ4n) is 2.02. The maximum atomic E-state index is 6.12. The van der Waals surface area contributed by atoms with E-state index in [4.69, 9.17) is 10.5 Å². The summed E-state index contributed by atoms with van der Waals surface area (Å²) < 4.78 is 5.26. The molecule has 0 unspecified atom stereocenters. The van der Waals surface area contributed by atoms with E-state index in [0.29, 0.717) is 0 Å². The molecule has 1 aromatic carbocycles. The average Bonchev–Trinajstić information content (AvgIpc) is 2.78. The number of methoxy groups -OCH3 is 1. The van der Waals surface area contributed by atoms with Gasteiger partial charge in [0.25, 0.3) is 0 Å². The molecular weight excluding hydrogens is 238 g/mol. The van der Waals surface area contributed by atoms with Crippen LogP contribution < -0.4 is 5.73 Å². The van der Waals surface area contributed by atoms with Crippen molar-refractivity contribution in [2.75, 3.05) is 7.11 Å². The maximum Gasteiger partial charge on any atom is 0.126 e. The number of nitrogens with zero attached hydrogens (tertiary/aromatic N) is 1. The second kappa shape index (κ2) is 4.94. The summed E-state index contributed by atoms with van der Waals surface area (Å²) in [5.74, 6) is 0.774. The molecule has 1 heterocycles. The maximum absolute atomic E-state index is 6.12. The minimum Gasteiger partial charge on any atom is -0.380 e. The predicted octanol–water partition coefficient (Wildman–Crippen LogP) is 2.90. The van der Waals surface area contributed by atoms with Crippen LogP contribution in [0.3, 0.4) is 0 Å². The zero-order chi connectivity index (χ0) is 14.2. The lowest BCUT2D eigenvalue weighted by Crippen LogP contribution is -2.26. The molecule has 3 N–H and O–H groups in total. The van der Waals surface area contributed by atoms with Crippen LogP contribution in [0.25, 0.3) is 11.0 Å². The molecule has 2 atom stereocenters. The van der Waals surface area contributed by atoms with Crippen LogP contribution in [0.15, 0.2) is 18.2 Å². The first-order chi connectivity index (χ1) is 8.82. The highest BCUT2D eigenvalue weighted by atomic mass is 16.5. The summed E-state index contributed by atoms with van der Waals surface area (Å²) in [5.41, 5.74) is 9.50. The summed E-state index contributed by atoms with van der Waals surface area (Å²) in [6, 6.07) is 6.07. The van der Waals surface area contributed by atoms with Crippen molar-refractivity contribution in [3.8, 4) is 0 Å². The first-order valence-corrected chi connectivity index (χ1v) is 6.61. The number of H-pyrrole nitrogens is 1. The minimum absolute atomic E-state index is 0.0670. The third-order valence-electron chi connectivity index (χ3n) is 3.56. The van der Waals surface area contributed by atoms with E-state index in [1.807, 2.05) is 13.0 Å². The lowest BCUT2D eigenvalue weighted by molar-refractivity contribution is 0.0935. The van der Waals surface area contributed by atoms with E-state index in [0.717, 1.165) is 16.9 Å². The highest BCUT2D eigenvalue weighted by molar-refractivity contribution is 5.76. The van der Waals surface area contributed by atoms with E-state index in [-0.39, 0.29) is 17.6 Å². The van der Waals surface area contributed by atoms with E-state index in [1.54, 1.807) is 7.11 Å². The Balaban J connectivity index is 2.41. The number of hydrogen-bond acceptors (Lipinski definition) is 3. The van der Waals surface area contributed by atoms with Crippen molar-refractivity contribution < 1.29 is 4.74 Å². The number of nitrogens with one attached hydrogen (secondary N) is 1. The van der Waals surface area contributed by atoms with Gasteiger partial charge in [-0.05, 0) is 30.0 Å². The molecule has 19 heavy (non-hydrogen) atoms. The van der Waals surface area contributed by atoms with E-state index in [9.17, 15) is 0 Å². The van der Waals surface area contributed by atoms with Gasteiger partial charge in [0.1, 0.15) is 5.82 Å². The molecule has 4 nitrogen and oxygen atoms in total. The van der Waals surface area contributed by atoms with Crippen LogP contribution in [-0.2, 0) is 10.2 Å². The van der Waals surface area contributed by atoms with Crippen LogP contribution in [0.1, 0.15) is 45.1 Å². The van der Waals surface area contributed by atoms with E-state index in [1.165, 1.54) is 5.56 Å². The molecule has 0 aliphatic heterocycles. The number of hydrogen-bond donors (Lipinski definition) is 2. The quantitative estimate of drug-likeness (QED) is 0.893. The molecule has 2 rings (SSSR count).